The van der Waals surface area contributed by atoms with Crippen molar-refractivity contribution >= 4 is 0 Å². The van der Waals surface area contributed by atoms with Crippen LogP contribution in [0, 0.1) is 0 Å². The van der Waals surface area contributed by atoms with Gasteiger partial charge in [0.25, 0.3) is 0 Å². The molecule has 0 aromatic carbocycles. The molecule has 1 aliphatic rings. The summed E-state index contributed by atoms with van der Waals surface area (Å²) in [5, 5.41) is 74.4. The Bertz CT molecular complexity index is 301. The average Bonchev–Trinajstić information content (AvgIpc) is 2.50. The summed E-state index contributed by atoms with van der Waals surface area (Å²) in [5.74, 6) is 0. The van der Waals surface area contributed by atoms with Gasteiger partial charge in [0.15, 0.2) is 6.29 Å². The fourth-order valence-electron chi connectivity index (χ4n) is 1.86. The lowest BCUT2D eigenvalue weighted by Gasteiger charge is -2.40. The Hall–Kier alpha value is -0.400. The minimum Gasteiger partial charge on any atom is -0.394 e. The van der Waals surface area contributed by atoms with Gasteiger partial charge in [-0.3, -0.25) is 0 Å². The molecule has 0 saturated carbocycles. The summed E-state index contributed by atoms with van der Waals surface area (Å²) < 4.78 is 9.98. The van der Waals surface area contributed by atoms with Gasteiger partial charge in [0.2, 0.25) is 0 Å². The second-order valence-electron chi connectivity index (χ2n) is 4.84. The van der Waals surface area contributed by atoms with Gasteiger partial charge >= 0.3 is 0 Å². The van der Waals surface area contributed by atoms with Crippen LogP contribution in [0.3, 0.4) is 0 Å². The van der Waals surface area contributed by atoms with Crippen molar-refractivity contribution in [2.24, 2.45) is 0 Å². The van der Waals surface area contributed by atoms with Crippen molar-refractivity contribution in [2.75, 3.05) is 19.8 Å². The maximum atomic E-state index is 9.65. The SMILES string of the molecule is OC[C@@H](O)[C@@H](O)[C@H](O)COC1O[C@H](CO)[C@H](O)[C@H](O)[C@H]1O. The standard InChI is InChI=1S/C11H22O10/c12-1-4(14)7(16)5(15)3-20-11-10(19)9(18)8(17)6(2-13)21-11/h4-19H,1-3H2/t4-,5-,6-,7-,8+,9+,10-,11?/m1/s1. The van der Waals surface area contributed by atoms with Crippen LogP contribution in [0.5, 0.6) is 0 Å². The molecule has 0 aromatic heterocycles. The first-order valence-corrected chi connectivity index (χ1v) is 6.40. The molecule has 8 atom stereocenters. The van der Waals surface area contributed by atoms with Crippen molar-refractivity contribution in [3.05, 3.63) is 0 Å². The fourth-order valence-corrected chi connectivity index (χ4v) is 1.86. The van der Waals surface area contributed by atoms with Crippen LogP contribution in [0.25, 0.3) is 0 Å². The highest BCUT2D eigenvalue weighted by atomic mass is 16.7. The van der Waals surface area contributed by atoms with Gasteiger partial charge in [-0.05, 0) is 0 Å². The summed E-state index contributed by atoms with van der Waals surface area (Å²) in [5.41, 5.74) is 0. The first-order valence-electron chi connectivity index (χ1n) is 6.40. The second kappa shape index (κ2) is 8.29. The molecule has 0 aliphatic carbocycles. The van der Waals surface area contributed by atoms with E-state index in [9.17, 15) is 25.5 Å². The number of rotatable bonds is 7. The van der Waals surface area contributed by atoms with Gasteiger partial charge < -0.3 is 50.3 Å². The van der Waals surface area contributed by atoms with Crippen LogP contribution in [0.2, 0.25) is 0 Å². The van der Waals surface area contributed by atoms with Gasteiger partial charge in [-0.15, -0.1) is 0 Å². The van der Waals surface area contributed by atoms with E-state index in [4.69, 9.17) is 24.8 Å². The minimum atomic E-state index is -1.68. The van der Waals surface area contributed by atoms with Gasteiger partial charge in [0.1, 0.15) is 42.7 Å². The predicted molar refractivity (Wildman–Crippen MR) is 64.8 cm³/mol. The molecular weight excluding hydrogens is 292 g/mol. The molecule has 1 rings (SSSR count). The van der Waals surface area contributed by atoms with Crippen LogP contribution in [0.4, 0.5) is 0 Å². The Kier molecular flexibility index (Phi) is 7.36. The van der Waals surface area contributed by atoms with Crippen molar-refractivity contribution in [3.8, 4) is 0 Å². The van der Waals surface area contributed by atoms with Gasteiger partial charge in [-0.25, -0.2) is 0 Å². The van der Waals surface area contributed by atoms with Crippen molar-refractivity contribution in [1.82, 2.24) is 0 Å². The summed E-state index contributed by atoms with van der Waals surface area (Å²) in [7, 11) is 0. The first kappa shape index (κ1) is 18.6. The highest BCUT2D eigenvalue weighted by Gasteiger charge is 2.44. The Balaban J connectivity index is 2.53. The van der Waals surface area contributed by atoms with Crippen LogP contribution in [0.1, 0.15) is 0 Å². The van der Waals surface area contributed by atoms with Crippen LogP contribution >= 0.6 is 0 Å². The molecule has 126 valence electrons. The molecule has 10 heteroatoms. The Morgan fingerprint density at radius 3 is 2.05 bits per heavy atom. The van der Waals surface area contributed by atoms with E-state index in [2.05, 4.69) is 0 Å². The minimum absolute atomic E-state index is 0.582. The van der Waals surface area contributed by atoms with E-state index in [1.54, 1.807) is 0 Å². The second-order valence-corrected chi connectivity index (χ2v) is 4.84. The first-order chi connectivity index (χ1) is 9.83. The molecule has 0 spiro atoms. The van der Waals surface area contributed by atoms with Gasteiger partial charge in [0.05, 0.1) is 19.8 Å². The normalized spacial score (nSPS) is 38.0. The third kappa shape index (κ3) is 4.53. The zero-order chi connectivity index (χ0) is 16.2. The molecular formula is C11H22O10. The number of aliphatic hydroxyl groups is 8. The molecule has 0 radical (unpaired) electrons. The zero-order valence-electron chi connectivity index (χ0n) is 11.1. The van der Waals surface area contributed by atoms with Crippen molar-refractivity contribution in [1.29, 1.82) is 0 Å². The molecule has 21 heavy (non-hydrogen) atoms. The van der Waals surface area contributed by atoms with Crippen LogP contribution < -0.4 is 0 Å². The fraction of sp³-hybridized carbons (Fsp3) is 1.00. The summed E-state index contributed by atoms with van der Waals surface area (Å²) >= 11 is 0. The largest absolute Gasteiger partial charge is 0.394 e. The third-order valence-corrected chi connectivity index (χ3v) is 3.26. The molecule has 0 amide bonds. The lowest BCUT2D eigenvalue weighted by atomic mass is 9.99. The van der Waals surface area contributed by atoms with Crippen molar-refractivity contribution < 1.29 is 50.3 Å². The molecule has 1 unspecified atom stereocenters. The monoisotopic (exact) mass is 314 g/mol. The average molecular weight is 314 g/mol. The molecule has 1 aliphatic heterocycles. The molecule has 0 aromatic rings. The van der Waals surface area contributed by atoms with Crippen LogP contribution in [-0.2, 0) is 9.47 Å². The number of aliphatic hydroxyl groups excluding tert-OH is 8. The number of hydrogen-bond donors (Lipinski definition) is 8. The highest BCUT2D eigenvalue weighted by molar-refractivity contribution is 4.89. The maximum absolute atomic E-state index is 9.65. The van der Waals surface area contributed by atoms with E-state index >= 15 is 0 Å². The number of ether oxygens (including phenoxy) is 2. The van der Waals surface area contributed by atoms with E-state index in [1.807, 2.05) is 0 Å². The zero-order valence-corrected chi connectivity index (χ0v) is 11.1. The van der Waals surface area contributed by atoms with Crippen LogP contribution in [-0.4, -0.2) is 110 Å². The van der Waals surface area contributed by atoms with E-state index in [-0.39, 0.29) is 0 Å². The summed E-state index contributed by atoms with van der Waals surface area (Å²) in [6.07, 6.45) is -12.2. The molecule has 1 fully saturated rings. The van der Waals surface area contributed by atoms with Crippen molar-refractivity contribution in [3.63, 3.8) is 0 Å². The molecule has 0 bridgehead atoms. The van der Waals surface area contributed by atoms with Crippen LogP contribution in [0.15, 0.2) is 0 Å². The lowest BCUT2D eigenvalue weighted by Crippen LogP contribution is -2.59. The quantitative estimate of drug-likeness (QED) is 0.226. The Morgan fingerprint density at radius 1 is 0.905 bits per heavy atom. The Morgan fingerprint density at radius 2 is 1.52 bits per heavy atom. The van der Waals surface area contributed by atoms with Gasteiger partial charge in [-0.1, -0.05) is 0 Å². The summed E-state index contributed by atoms with van der Waals surface area (Å²) in [6, 6.07) is 0. The van der Waals surface area contributed by atoms with E-state index in [0.717, 1.165) is 0 Å². The highest BCUT2D eigenvalue weighted by Crippen LogP contribution is 2.22. The van der Waals surface area contributed by atoms with Gasteiger partial charge in [-0.2, -0.15) is 0 Å². The summed E-state index contributed by atoms with van der Waals surface area (Å²) in [6.45, 7) is -1.97. The van der Waals surface area contributed by atoms with E-state index in [0.29, 0.717) is 0 Å². The molecule has 10 nitrogen and oxygen atoms in total. The van der Waals surface area contributed by atoms with E-state index in [1.165, 1.54) is 0 Å². The Labute approximate surface area is 120 Å². The molecule has 1 saturated heterocycles. The van der Waals surface area contributed by atoms with Gasteiger partial charge in [0, 0.05) is 0 Å². The molecule has 8 N–H and O–H groups in total. The lowest BCUT2D eigenvalue weighted by molar-refractivity contribution is -0.306. The number of hydrogen-bond acceptors (Lipinski definition) is 10. The van der Waals surface area contributed by atoms with Crippen molar-refractivity contribution in [2.45, 2.75) is 49.0 Å². The smallest absolute Gasteiger partial charge is 0.186 e. The van der Waals surface area contributed by atoms with E-state index < -0.39 is 68.8 Å². The molecule has 1 heterocycles. The predicted octanol–water partition coefficient (Wildman–Crippen LogP) is -5.12. The summed E-state index contributed by atoms with van der Waals surface area (Å²) in [4.78, 5) is 0. The maximum Gasteiger partial charge on any atom is 0.186 e. The topological polar surface area (TPSA) is 180 Å². The third-order valence-electron chi connectivity index (χ3n) is 3.26.